The lowest BCUT2D eigenvalue weighted by Gasteiger charge is -2.10. The summed E-state index contributed by atoms with van der Waals surface area (Å²) in [7, 11) is 0. The van der Waals surface area contributed by atoms with Gasteiger partial charge >= 0.3 is 0 Å². The molecular formula is C25H22N4OS. The van der Waals surface area contributed by atoms with Crippen molar-refractivity contribution in [3.8, 4) is 22.5 Å². The maximum atomic E-state index is 12.3. The molecule has 4 rings (SSSR count). The third-order valence-electron chi connectivity index (χ3n) is 4.83. The lowest BCUT2D eigenvalue weighted by molar-refractivity contribution is -0.118. The highest BCUT2D eigenvalue weighted by atomic mass is 32.2. The third-order valence-corrected chi connectivity index (χ3v) is 5.67. The molecule has 154 valence electrons. The van der Waals surface area contributed by atoms with Gasteiger partial charge in [-0.05, 0) is 18.1 Å². The Balaban J connectivity index is 1.49. The number of aryl methyl sites for hydroxylation is 1. The summed E-state index contributed by atoms with van der Waals surface area (Å²) in [5, 5.41) is 12.1. The molecule has 3 aromatic carbocycles. The Kier molecular flexibility index (Phi) is 6.69. The Bertz CT molecular complexity index is 1170. The van der Waals surface area contributed by atoms with Gasteiger partial charge in [-0.15, -0.1) is 10.2 Å². The van der Waals surface area contributed by atoms with E-state index in [1.165, 1.54) is 11.8 Å². The summed E-state index contributed by atoms with van der Waals surface area (Å²) in [5.41, 5.74) is 5.66. The number of carbonyl (C=O) groups excluding carboxylic acids is 1. The summed E-state index contributed by atoms with van der Waals surface area (Å²) in [6.07, 6.45) is 0. The summed E-state index contributed by atoms with van der Waals surface area (Å²) in [4.78, 5) is 17.1. The van der Waals surface area contributed by atoms with Gasteiger partial charge in [0.1, 0.15) is 11.4 Å². The van der Waals surface area contributed by atoms with Crippen LogP contribution in [-0.2, 0) is 11.3 Å². The van der Waals surface area contributed by atoms with Gasteiger partial charge in [-0.3, -0.25) is 4.79 Å². The molecule has 5 nitrogen and oxygen atoms in total. The maximum Gasteiger partial charge on any atom is 0.230 e. The number of carbonyl (C=O) groups is 1. The number of nitrogens with zero attached hydrogens (tertiary/aromatic N) is 3. The number of benzene rings is 3. The molecule has 0 saturated carbocycles. The van der Waals surface area contributed by atoms with Crippen molar-refractivity contribution >= 4 is 17.7 Å². The van der Waals surface area contributed by atoms with Gasteiger partial charge in [-0.25, -0.2) is 4.98 Å². The molecule has 1 heterocycles. The summed E-state index contributed by atoms with van der Waals surface area (Å²) in [6.45, 7) is 2.54. The number of amides is 1. The summed E-state index contributed by atoms with van der Waals surface area (Å²) in [6, 6.07) is 27.8. The highest BCUT2D eigenvalue weighted by molar-refractivity contribution is 7.99. The zero-order valence-electron chi connectivity index (χ0n) is 17.2. The first kappa shape index (κ1) is 20.8. The van der Waals surface area contributed by atoms with E-state index in [-0.39, 0.29) is 11.7 Å². The van der Waals surface area contributed by atoms with Gasteiger partial charge in [0.2, 0.25) is 11.1 Å². The highest BCUT2D eigenvalue weighted by Gasteiger charge is 2.14. The van der Waals surface area contributed by atoms with Crippen LogP contribution in [0.3, 0.4) is 0 Å². The quantitative estimate of drug-likeness (QED) is 0.425. The molecule has 0 radical (unpaired) electrons. The van der Waals surface area contributed by atoms with E-state index in [4.69, 9.17) is 4.98 Å². The Morgan fingerprint density at radius 3 is 2.10 bits per heavy atom. The lowest BCUT2D eigenvalue weighted by Crippen LogP contribution is -2.25. The fraction of sp³-hybridized carbons (Fsp3) is 0.120. The van der Waals surface area contributed by atoms with Gasteiger partial charge in [-0.2, -0.15) is 0 Å². The van der Waals surface area contributed by atoms with Gasteiger partial charge in [0.25, 0.3) is 0 Å². The Hall–Kier alpha value is -3.51. The Morgan fingerprint density at radius 1 is 0.806 bits per heavy atom. The highest BCUT2D eigenvalue weighted by Crippen LogP contribution is 2.29. The molecule has 0 unspecified atom stereocenters. The van der Waals surface area contributed by atoms with Crippen molar-refractivity contribution in [2.45, 2.75) is 18.6 Å². The van der Waals surface area contributed by atoms with E-state index < -0.39 is 0 Å². The van der Waals surface area contributed by atoms with E-state index in [0.717, 1.165) is 33.6 Å². The van der Waals surface area contributed by atoms with E-state index >= 15 is 0 Å². The average Bonchev–Trinajstić information content (AvgIpc) is 2.83. The van der Waals surface area contributed by atoms with Crippen molar-refractivity contribution in [3.05, 3.63) is 96.1 Å². The van der Waals surface area contributed by atoms with Gasteiger partial charge < -0.3 is 5.32 Å². The largest absolute Gasteiger partial charge is 0.351 e. The first-order chi connectivity index (χ1) is 15.2. The van der Waals surface area contributed by atoms with Crippen molar-refractivity contribution in [2.24, 2.45) is 0 Å². The molecule has 0 fully saturated rings. The number of rotatable bonds is 7. The number of aromatic nitrogens is 3. The van der Waals surface area contributed by atoms with Gasteiger partial charge in [0.15, 0.2) is 0 Å². The molecule has 4 aromatic rings. The van der Waals surface area contributed by atoms with E-state index in [0.29, 0.717) is 11.7 Å². The fourth-order valence-electron chi connectivity index (χ4n) is 3.14. The van der Waals surface area contributed by atoms with Crippen LogP contribution in [0.4, 0.5) is 0 Å². The van der Waals surface area contributed by atoms with Crippen LogP contribution >= 0.6 is 11.8 Å². The molecule has 1 N–H and O–H groups in total. The van der Waals surface area contributed by atoms with Crippen molar-refractivity contribution in [3.63, 3.8) is 0 Å². The third kappa shape index (κ3) is 5.35. The number of hydrogen-bond acceptors (Lipinski definition) is 5. The zero-order valence-corrected chi connectivity index (χ0v) is 18.0. The van der Waals surface area contributed by atoms with E-state index in [2.05, 4.69) is 15.5 Å². The molecule has 0 spiro atoms. The smallest absolute Gasteiger partial charge is 0.230 e. The minimum Gasteiger partial charge on any atom is -0.351 e. The second-order valence-corrected chi connectivity index (χ2v) is 7.96. The van der Waals surface area contributed by atoms with Crippen LogP contribution in [0.15, 0.2) is 90.1 Å². The van der Waals surface area contributed by atoms with Crippen LogP contribution in [0.2, 0.25) is 0 Å². The molecule has 0 atom stereocenters. The molecule has 1 amide bonds. The number of hydrogen-bond donors (Lipinski definition) is 1. The number of thioether (sulfide) groups is 1. The van der Waals surface area contributed by atoms with Crippen LogP contribution in [0, 0.1) is 6.92 Å². The van der Waals surface area contributed by atoms with Crippen LogP contribution in [0.25, 0.3) is 22.5 Å². The van der Waals surface area contributed by atoms with Crippen LogP contribution in [0.1, 0.15) is 11.1 Å². The molecule has 1 aromatic heterocycles. The second-order valence-electron chi connectivity index (χ2n) is 7.02. The second kappa shape index (κ2) is 10.00. The van der Waals surface area contributed by atoms with Crippen molar-refractivity contribution in [1.29, 1.82) is 0 Å². The Labute approximate surface area is 186 Å². The average molecular weight is 427 g/mol. The van der Waals surface area contributed by atoms with E-state index in [1.807, 2.05) is 91.9 Å². The SMILES string of the molecule is Cc1ccccc1CNC(=O)CSc1nnc(-c2ccccc2)c(-c2ccccc2)n1. The monoisotopic (exact) mass is 426 g/mol. The molecular weight excluding hydrogens is 404 g/mol. The zero-order chi connectivity index (χ0) is 21.5. The van der Waals surface area contributed by atoms with E-state index in [1.54, 1.807) is 0 Å². The normalized spacial score (nSPS) is 10.6. The first-order valence-corrected chi connectivity index (χ1v) is 11.0. The number of nitrogens with one attached hydrogen (secondary N) is 1. The maximum absolute atomic E-state index is 12.3. The minimum atomic E-state index is -0.0646. The molecule has 0 saturated heterocycles. The Morgan fingerprint density at radius 2 is 1.42 bits per heavy atom. The van der Waals surface area contributed by atoms with Gasteiger partial charge in [-0.1, -0.05) is 96.7 Å². The van der Waals surface area contributed by atoms with Gasteiger partial charge in [0, 0.05) is 17.7 Å². The molecule has 0 aliphatic heterocycles. The predicted molar refractivity (Wildman–Crippen MR) is 124 cm³/mol. The summed E-state index contributed by atoms with van der Waals surface area (Å²) >= 11 is 1.28. The van der Waals surface area contributed by atoms with Crippen molar-refractivity contribution in [2.75, 3.05) is 5.75 Å². The van der Waals surface area contributed by atoms with Gasteiger partial charge in [0.05, 0.1) is 5.75 Å². The first-order valence-electron chi connectivity index (χ1n) is 10.0. The van der Waals surface area contributed by atoms with Crippen LogP contribution in [-0.4, -0.2) is 26.8 Å². The molecule has 31 heavy (non-hydrogen) atoms. The standard InChI is InChI=1S/C25H22N4OS/c1-18-10-8-9-15-21(18)16-26-22(30)17-31-25-27-23(19-11-4-2-5-12-19)24(28-29-25)20-13-6-3-7-14-20/h2-15H,16-17H2,1H3,(H,26,30). The molecule has 6 heteroatoms. The van der Waals surface area contributed by atoms with Crippen LogP contribution in [0.5, 0.6) is 0 Å². The molecule has 0 aliphatic carbocycles. The molecule has 0 bridgehead atoms. The summed E-state index contributed by atoms with van der Waals surface area (Å²) < 4.78 is 0. The minimum absolute atomic E-state index is 0.0646. The lowest BCUT2D eigenvalue weighted by atomic mass is 10.0. The predicted octanol–water partition coefficient (Wildman–Crippen LogP) is 4.92. The topological polar surface area (TPSA) is 67.8 Å². The summed E-state index contributed by atoms with van der Waals surface area (Å²) in [5.74, 6) is 0.164. The van der Waals surface area contributed by atoms with E-state index in [9.17, 15) is 4.79 Å². The van der Waals surface area contributed by atoms with Crippen molar-refractivity contribution < 1.29 is 4.79 Å². The fourth-order valence-corrected chi connectivity index (χ4v) is 3.76. The van der Waals surface area contributed by atoms with Crippen LogP contribution < -0.4 is 5.32 Å². The molecule has 0 aliphatic rings. The van der Waals surface area contributed by atoms with Crippen molar-refractivity contribution in [1.82, 2.24) is 20.5 Å².